The minimum atomic E-state index is 0. The van der Waals surface area contributed by atoms with Crippen LogP contribution in [0.1, 0.15) is 27.7 Å². The molecule has 0 aliphatic heterocycles. The van der Waals surface area contributed by atoms with Gasteiger partial charge in [0.15, 0.2) is 0 Å². The van der Waals surface area contributed by atoms with Crippen LogP contribution in [0.5, 0.6) is 0 Å². The van der Waals surface area contributed by atoms with E-state index < -0.39 is 0 Å². The Balaban J connectivity index is -0.0000000284. The number of hydrogen-bond acceptors (Lipinski definition) is 4. The second-order valence-corrected chi connectivity index (χ2v) is 3.53. The van der Waals surface area contributed by atoms with Crippen molar-refractivity contribution in [1.82, 2.24) is 0 Å². The Bertz CT molecular complexity index is 306. The first-order valence-corrected chi connectivity index (χ1v) is 5.23. The van der Waals surface area contributed by atoms with Crippen LogP contribution in [0.25, 0.3) is 0 Å². The predicted octanol–water partition coefficient (Wildman–Crippen LogP) is -3.31. The van der Waals surface area contributed by atoms with Crippen LogP contribution in [0.3, 0.4) is 0 Å². The molecule has 0 spiro atoms. The Morgan fingerprint density at radius 3 is 0.565 bits per heavy atom. The van der Waals surface area contributed by atoms with Crippen molar-refractivity contribution in [3.05, 3.63) is 48.6 Å². The minimum Gasteiger partial charge on any atom is -1.00 e. The second kappa shape index (κ2) is 37.4. The molecule has 0 atom stereocenters. The van der Waals surface area contributed by atoms with Crippen molar-refractivity contribution in [3.63, 3.8) is 0 Å². The normalized spacial score (nSPS) is 5.74. The van der Waals surface area contributed by atoms with Gasteiger partial charge in [0.1, 0.15) is 0 Å². The number of carbonyl (C=O) groups excluding carboxylic acids is 4. The van der Waals surface area contributed by atoms with Crippen LogP contribution in [0.2, 0.25) is 0 Å². The fourth-order valence-electron chi connectivity index (χ4n) is 0. The molecule has 0 aromatic carbocycles. The van der Waals surface area contributed by atoms with Crippen LogP contribution in [-0.2, 0) is 45.4 Å². The van der Waals surface area contributed by atoms with E-state index in [-0.39, 0.29) is 51.0 Å². The van der Waals surface area contributed by atoms with Crippen LogP contribution in [-0.4, -0.2) is 25.1 Å². The van der Waals surface area contributed by atoms with E-state index in [1.54, 1.807) is 52.8 Å². The topological polar surface area (TPSA) is 68.3 Å². The summed E-state index contributed by atoms with van der Waals surface area (Å²) in [7, 11) is 0. The van der Waals surface area contributed by atoms with Crippen LogP contribution in [0.15, 0.2) is 48.6 Å². The standard InChI is InChI=1S/4C4H5O.2ClH.Zr/c4*1-4(2)3-5;;;/h4*1H2,2H3;2*1H;/q4*-1;;;+4/p-2. The van der Waals surface area contributed by atoms with Gasteiger partial charge in [-0.25, -0.2) is 26.3 Å². The summed E-state index contributed by atoms with van der Waals surface area (Å²) in [5.41, 5.74) is 1.80. The smallest absolute Gasteiger partial charge is 1.00 e. The van der Waals surface area contributed by atoms with E-state index in [1.807, 2.05) is 0 Å². The Kier molecular flexibility index (Phi) is 70.1. The summed E-state index contributed by atoms with van der Waals surface area (Å²) in [6.07, 6.45) is 6.33. The molecule has 0 heterocycles. The first-order valence-electron chi connectivity index (χ1n) is 5.23. The third-order valence-electron chi connectivity index (χ3n) is 0.697. The molecule has 4 nitrogen and oxygen atoms in total. The van der Waals surface area contributed by atoms with E-state index in [0.717, 1.165) is 0 Å². The Morgan fingerprint density at radius 2 is 0.565 bits per heavy atom. The molecule has 0 fully saturated rings. The van der Waals surface area contributed by atoms with Gasteiger partial charge in [0.05, 0.1) is 0 Å². The zero-order valence-corrected chi connectivity index (χ0v) is 17.7. The van der Waals surface area contributed by atoms with Gasteiger partial charge >= 0.3 is 26.2 Å². The summed E-state index contributed by atoms with van der Waals surface area (Å²) in [4.78, 5) is 37.1. The zero-order valence-electron chi connectivity index (χ0n) is 13.7. The van der Waals surface area contributed by atoms with Gasteiger partial charge in [0.2, 0.25) is 0 Å². The number of allylic oxidation sites excluding steroid dienone is 4. The van der Waals surface area contributed by atoms with E-state index in [2.05, 4.69) is 26.3 Å². The van der Waals surface area contributed by atoms with Crippen molar-refractivity contribution >= 4 is 25.1 Å². The van der Waals surface area contributed by atoms with Gasteiger partial charge in [0, 0.05) is 0 Å². The van der Waals surface area contributed by atoms with Gasteiger partial charge in [-0.2, -0.15) is 22.3 Å². The molecule has 23 heavy (non-hydrogen) atoms. The van der Waals surface area contributed by atoms with Crippen LogP contribution < -0.4 is 24.8 Å². The quantitative estimate of drug-likeness (QED) is 0.341. The average molecular weight is 438 g/mol. The maximum atomic E-state index is 9.28. The molecule has 0 radical (unpaired) electrons. The third-order valence-corrected chi connectivity index (χ3v) is 0.697. The average Bonchev–Trinajstić information content (AvgIpc) is 2.40. The van der Waals surface area contributed by atoms with Crippen molar-refractivity contribution in [2.24, 2.45) is 0 Å². The molecular formula is C16H20Cl2O4Zr-2. The van der Waals surface area contributed by atoms with Crippen LogP contribution >= 0.6 is 0 Å². The van der Waals surface area contributed by atoms with Crippen molar-refractivity contribution in [1.29, 1.82) is 0 Å². The van der Waals surface area contributed by atoms with E-state index in [0.29, 0.717) is 22.3 Å². The monoisotopic (exact) mass is 436 g/mol. The van der Waals surface area contributed by atoms with E-state index >= 15 is 0 Å². The fraction of sp³-hybridized carbons (Fsp3) is 0.250. The molecule has 0 bridgehead atoms. The van der Waals surface area contributed by atoms with Crippen molar-refractivity contribution in [2.45, 2.75) is 27.7 Å². The van der Waals surface area contributed by atoms with Gasteiger partial charge < -0.3 is 44.0 Å². The van der Waals surface area contributed by atoms with Crippen molar-refractivity contribution < 1.29 is 70.2 Å². The Morgan fingerprint density at radius 1 is 0.522 bits per heavy atom. The molecule has 0 aliphatic carbocycles. The largest absolute Gasteiger partial charge is 4.00 e. The maximum absolute atomic E-state index is 9.28. The number of halogens is 2. The van der Waals surface area contributed by atoms with Gasteiger partial charge in [-0.15, -0.1) is 0 Å². The van der Waals surface area contributed by atoms with Crippen LogP contribution in [0, 0.1) is 0 Å². The summed E-state index contributed by atoms with van der Waals surface area (Å²) < 4.78 is 0. The molecule has 0 aromatic heterocycles. The first-order chi connectivity index (χ1) is 9.08. The van der Waals surface area contributed by atoms with E-state index in [4.69, 9.17) is 0 Å². The molecule has 0 amide bonds. The summed E-state index contributed by atoms with van der Waals surface area (Å²) >= 11 is 0. The first kappa shape index (κ1) is 43.2. The Labute approximate surface area is 171 Å². The minimum absolute atomic E-state index is 0. The number of rotatable bonds is 4. The molecule has 0 N–H and O–H groups in total. The summed E-state index contributed by atoms with van der Waals surface area (Å²) in [5, 5.41) is 0. The number of hydrogen-bond donors (Lipinski definition) is 0. The van der Waals surface area contributed by atoms with Gasteiger partial charge in [-0.3, -0.25) is 0 Å². The molecular weight excluding hydrogens is 418 g/mol. The van der Waals surface area contributed by atoms with Gasteiger partial charge in [-0.05, 0) is 25.1 Å². The van der Waals surface area contributed by atoms with Crippen LogP contribution in [0.4, 0.5) is 0 Å². The molecule has 0 aromatic rings. The summed E-state index contributed by atoms with van der Waals surface area (Å²) in [6, 6.07) is 0. The molecule has 0 saturated heterocycles. The molecule has 0 rings (SSSR count). The predicted molar refractivity (Wildman–Crippen MR) is 82.0 cm³/mol. The molecule has 0 unspecified atom stereocenters. The maximum Gasteiger partial charge on any atom is 4.00 e. The zero-order chi connectivity index (χ0) is 17.1. The van der Waals surface area contributed by atoms with Gasteiger partial charge in [-0.1, -0.05) is 27.7 Å². The molecule has 128 valence electrons. The molecule has 0 saturated carbocycles. The Hall–Kier alpha value is -0.897. The van der Waals surface area contributed by atoms with Crippen molar-refractivity contribution in [3.8, 4) is 0 Å². The third kappa shape index (κ3) is 153. The SMILES string of the molecule is C=C(C)[C-]=O.C=C(C)[C-]=O.C=C(C)[C-]=O.C=C(C)[C-]=O.[Cl-].[Cl-].[Zr+4]. The van der Waals surface area contributed by atoms with Gasteiger partial charge in [0.25, 0.3) is 0 Å². The fourth-order valence-corrected chi connectivity index (χ4v) is 0. The molecule has 7 heteroatoms. The van der Waals surface area contributed by atoms with Crippen molar-refractivity contribution in [2.75, 3.05) is 0 Å². The second-order valence-electron chi connectivity index (χ2n) is 3.53. The van der Waals surface area contributed by atoms with E-state index in [1.165, 1.54) is 0 Å². The molecule has 0 aliphatic rings. The van der Waals surface area contributed by atoms with E-state index in [9.17, 15) is 19.2 Å². The summed E-state index contributed by atoms with van der Waals surface area (Å²) in [5.74, 6) is 0. The summed E-state index contributed by atoms with van der Waals surface area (Å²) in [6.45, 7) is 19.4.